The van der Waals surface area contributed by atoms with Crippen molar-refractivity contribution < 1.29 is 8.78 Å². The van der Waals surface area contributed by atoms with Gasteiger partial charge in [0, 0.05) is 50.1 Å². The molecule has 1 aromatic carbocycles. The molecule has 6 nitrogen and oxygen atoms in total. The summed E-state index contributed by atoms with van der Waals surface area (Å²) in [7, 11) is 0. The van der Waals surface area contributed by atoms with Gasteiger partial charge in [-0.15, -0.1) is 0 Å². The molecule has 0 bridgehead atoms. The van der Waals surface area contributed by atoms with E-state index >= 15 is 0 Å². The summed E-state index contributed by atoms with van der Waals surface area (Å²) in [6, 6.07) is 11.3. The number of benzene rings is 1. The molecule has 8 heteroatoms. The molecular weight excluding hydrogens is 388 g/mol. The molecule has 4 heterocycles. The summed E-state index contributed by atoms with van der Waals surface area (Å²) in [4.78, 5) is 19.7. The number of nitrogens with zero attached hydrogens (tertiary/aromatic N) is 5. The highest BCUT2D eigenvalue weighted by Crippen LogP contribution is 2.32. The van der Waals surface area contributed by atoms with Crippen LogP contribution in [-0.4, -0.2) is 38.2 Å². The smallest absolute Gasteiger partial charge is 0.276 e. The van der Waals surface area contributed by atoms with E-state index in [2.05, 4.69) is 10.1 Å². The van der Waals surface area contributed by atoms with Crippen LogP contribution >= 0.6 is 0 Å². The third-order valence-corrected chi connectivity index (χ3v) is 5.69. The van der Waals surface area contributed by atoms with Gasteiger partial charge in [0.1, 0.15) is 5.65 Å². The zero-order valence-electron chi connectivity index (χ0n) is 16.3. The van der Waals surface area contributed by atoms with Gasteiger partial charge in [-0.1, -0.05) is 18.2 Å². The fourth-order valence-corrected chi connectivity index (χ4v) is 4.04. The summed E-state index contributed by atoms with van der Waals surface area (Å²) >= 11 is 0. The topological polar surface area (TPSA) is 55.4 Å². The minimum atomic E-state index is -2.63. The minimum absolute atomic E-state index is 0.198. The van der Waals surface area contributed by atoms with Crippen molar-refractivity contribution in [3.63, 3.8) is 0 Å². The first-order valence-corrected chi connectivity index (χ1v) is 10.0. The first-order valence-electron chi connectivity index (χ1n) is 10.0. The number of halogens is 2. The monoisotopic (exact) mass is 409 g/mol. The van der Waals surface area contributed by atoms with E-state index in [-0.39, 0.29) is 31.5 Å². The van der Waals surface area contributed by atoms with Gasteiger partial charge in [-0.3, -0.25) is 4.79 Å². The third-order valence-electron chi connectivity index (χ3n) is 5.69. The van der Waals surface area contributed by atoms with Gasteiger partial charge in [0.05, 0.1) is 29.5 Å². The normalized spacial score (nSPS) is 16.4. The highest BCUT2D eigenvalue weighted by molar-refractivity contribution is 5.93. The Balaban J connectivity index is 1.45. The number of aromatic nitrogens is 4. The van der Waals surface area contributed by atoms with Gasteiger partial charge in [0.2, 0.25) is 0 Å². The van der Waals surface area contributed by atoms with Crippen LogP contribution in [0.3, 0.4) is 0 Å². The van der Waals surface area contributed by atoms with Crippen LogP contribution in [0.4, 0.5) is 14.5 Å². The molecular formula is C22H21F2N5O. The van der Waals surface area contributed by atoms with Gasteiger partial charge in [-0.05, 0) is 18.2 Å². The van der Waals surface area contributed by atoms with E-state index in [0.29, 0.717) is 24.0 Å². The second kappa shape index (κ2) is 7.19. The largest absolute Gasteiger partial charge is 0.370 e. The molecule has 154 valence electrons. The van der Waals surface area contributed by atoms with Crippen LogP contribution in [0.1, 0.15) is 18.5 Å². The molecule has 1 aliphatic rings. The fourth-order valence-electron chi connectivity index (χ4n) is 4.04. The van der Waals surface area contributed by atoms with E-state index in [4.69, 9.17) is 0 Å². The Hall–Kier alpha value is -3.29. The van der Waals surface area contributed by atoms with E-state index in [1.54, 1.807) is 6.20 Å². The zero-order chi connectivity index (χ0) is 20.7. The van der Waals surface area contributed by atoms with Gasteiger partial charge in [-0.2, -0.15) is 5.10 Å². The number of pyridine rings is 1. The Kier molecular flexibility index (Phi) is 4.49. The van der Waals surface area contributed by atoms with Crippen molar-refractivity contribution in [3.8, 4) is 0 Å². The first-order chi connectivity index (χ1) is 14.5. The highest BCUT2D eigenvalue weighted by Gasteiger charge is 2.34. The van der Waals surface area contributed by atoms with Crippen LogP contribution in [0.15, 0.2) is 59.8 Å². The van der Waals surface area contributed by atoms with Crippen molar-refractivity contribution in [2.24, 2.45) is 0 Å². The van der Waals surface area contributed by atoms with Crippen LogP contribution in [-0.2, 0) is 13.0 Å². The van der Waals surface area contributed by atoms with Crippen molar-refractivity contribution >= 4 is 22.1 Å². The molecule has 0 amide bonds. The second-order valence-corrected chi connectivity index (χ2v) is 7.71. The van der Waals surface area contributed by atoms with Crippen LogP contribution in [0.5, 0.6) is 0 Å². The van der Waals surface area contributed by atoms with E-state index in [9.17, 15) is 13.6 Å². The van der Waals surface area contributed by atoms with Gasteiger partial charge in [0.15, 0.2) is 0 Å². The zero-order valence-corrected chi connectivity index (χ0v) is 16.3. The summed E-state index contributed by atoms with van der Waals surface area (Å²) in [5, 5.41) is 5.57. The summed E-state index contributed by atoms with van der Waals surface area (Å²) in [6.45, 7) is 0.856. The molecule has 0 saturated carbocycles. The van der Waals surface area contributed by atoms with Gasteiger partial charge >= 0.3 is 0 Å². The summed E-state index contributed by atoms with van der Waals surface area (Å²) in [5.74, 6) is -2.63. The Bertz CT molecular complexity index is 1240. The maximum absolute atomic E-state index is 13.6. The first kappa shape index (κ1) is 18.7. The Morgan fingerprint density at radius 3 is 2.70 bits per heavy atom. The third kappa shape index (κ3) is 3.42. The number of fused-ring (bicyclic) bond motifs is 2. The van der Waals surface area contributed by atoms with Gasteiger partial charge < -0.3 is 9.30 Å². The highest BCUT2D eigenvalue weighted by atomic mass is 19.3. The van der Waals surface area contributed by atoms with Crippen molar-refractivity contribution in [2.75, 3.05) is 18.0 Å². The number of alkyl halides is 2. The predicted octanol–water partition coefficient (Wildman–Crippen LogP) is 3.52. The lowest BCUT2D eigenvalue weighted by Crippen LogP contribution is -2.40. The van der Waals surface area contributed by atoms with E-state index < -0.39 is 5.92 Å². The van der Waals surface area contributed by atoms with Gasteiger partial charge in [-0.25, -0.2) is 18.4 Å². The van der Waals surface area contributed by atoms with E-state index in [1.807, 2.05) is 58.1 Å². The molecule has 1 fully saturated rings. The number of anilines is 1. The summed E-state index contributed by atoms with van der Waals surface area (Å²) in [5.41, 5.74) is 2.23. The van der Waals surface area contributed by atoms with E-state index in [0.717, 1.165) is 16.7 Å². The molecule has 30 heavy (non-hydrogen) atoms. The lowest BCUT2D eigenvalue weighted by atomic mass is 10.0. The van der Waals surface area contributed by atoms with Crippen LogP contribution in [0.2, 0.25) is 0 Å². The molecule has 3 aromatic heterocycles. The maximum Gasteiger partial charge on any atom is 0.276 e. The number of piperidine rings is 1. The molecule has 1 aliphatic heterocycles. The Morgan fingerprint density at radius 2 is 1.90 bits per heavy atom. The van der Waals surface area contributed by atoms with Crippen molar-refractivity contribution in [1.29, 1.82) is 0 Å². The van der Waals surface area contributed by atoms with Crippen molar-refractivity contribution in [1.82, 2.24) is 19.2 Å². The molecule has 0 spiro atoms. The van der Waals surface area contributed by atoms with E-state index in [1.165, 1.54) is 4.68 Å². The number of rotatable bonds is 4. The van der Waals surface area contributed by atoms with Crippen LogP contribution in [0.25, 0.3) is 16.4 Å². The minimum Gasteiger partial charge on any atom is -0.370 e. The number of hydrogen-bond acceptors (Lipinski definition) is 4. The SMILES string of the molecule is O=c1c2c(N3CCC(F)(F)CC3)cccc2cnn1CCc1cn2ccccc2n1. The lowest BCUT2D eigenvalue weighted by Gasteiger charge is -2.33. The van der Waals surface area contributed by atoms with Crippen LogP contribution < -0.4 is 10.5 Å². The quantitative estimate of drug-likeness (QED) is 0.518. The average molecular weight is 409 g/mol. The molecule has 0 radical (unpaired) electrons. The molecule has 0 aliphatic carbocycles. The Labute approximate surface area is 171 Å². The predicted molar refractivity (Wildman–Crippen MR) is 111 cm³/mol. The Morgan fingerprint density at radius 1 is 1.07 bits per heavy atom. The van der Waals surface area contributed by atoms with Gasteiger partial charge in [0.25, 0.3) is 11.5 Å². The number of hydrogen-bond donors (Lipinski definition) is 0. The standard InChI is InChI=1S/C22H21F2N5O/c23-22(24)8-12-27(13-9-22)18-5-3-4-16-14-25-29(21(30)20(16)18)11-7-17-15-28-10-2-1-6-19(28)26-17/h1-6,10,14-15H,7-9,11-13H2. The molecule has 4 aromatic rings. The molecule has 1 saturated heterocycles. The molecule has 0 N–H and O–H groups in total. The lowest BCUT2D eigenvalue weighted by molar-refractivity contribution is -0.0220. The fraction of sp³-hybridized carbons (Fsp3) is 0.318. The number of aryl methyl sites for hydroxylation is 2. The second-order valence-electron chi connectivity index (χ2n) is 7.71. The van der Waals surface area contributed by atoms with Crippen molar-refractivity contribution in [2.45, 2.75) is 31.7 Å². The molecule has 0 atom stereocenters. The summed E-state index contributed by atoms with van der Waals surface area (Å²) < 4.78 is 30.5. The summed E-state index contributed by atoms with van der Waals surface area (Å²) in [6.07, 6.45) is 5.72. The molecule has 0 unspecified atom stereocenters. The molecule has 5 rings (SSSR count). The maximum atomic E-state index is 13.6. The number of imidazole rings is 1. The van der Waals surface area contributed by atoms with Crippen LogP contribution in [0, 0.1) is 0 Å². The average Bonchev–Trinajstić information content (AvgIpc) is 3.16. The van der Waals surface area contributed by atoms with Crippen molar-refractivity contribution in [3.05, 3.63) is 71.0 Å².